The van der Waals surface area contributed by atoms with Crippen LogP contribution in [0, 0.1) is 6.92 Å². The molecule has 1 saturated carbocycles. The largest absolute Gasteiger partial charge is 0.330 e. The summed E-state index contributed by atoms with van der Waals surface area (Å²) < 4.78 is 0. The van der Waals surface area contributed by atoms with E-state index in [9.17, 15) is 0 Å². The Morgan fingerprint density at radius 2 is 2.06 bits per heavy atom. The van der Waals surface area contributed by atoms with Gasteiger partial charge in [0.15, 0.2) is 0 Å². The summed E-state index contributed by atoms with van der Waals surface area (Å²) in [7, 11) is 0. The van der Waals surface area contributed by atoms with Gasteiger partial charge < -0.3 is 5.73 Å². The Hall–Kier alpha value is -0.960. The van der Waals surface area contributed by atoms with Crippen molar-refractivity contribution < 1.29 is 0 Å². The highest BCUT2D eigenvalue weighted by atomic mass is 14.9. The predicted molar refractivity (Wildman–Crippen MR) is 65.4 cm³/mol. The zero-order chi connectivity index (χ0) is 11.4. The maximum Gasteiger partial charge on any atom is 0.128 e. The van der Waals surface area contributed by atoms with Gasteiger partial charge >= 0.3 is 0 Å². The zero-order valence-electron chi connectivity index (χ0n) is 10.1. The molecule has 0 radical (unpaired) electrons. The van der Waals surface area contributed by atoms with E-state index in [1.807, 2.05) is 0 Å². The second-order valence-electron chi connectivity index (χ2n) is 4.72. The minimum absolute atomic E-state index is 0.679. The van der Waals surface area contributed by atoms with Gasteiger partial charge in [-0.05, 0) is 38.8 Å². The number of aromatic nitrogens is 2. The summed E-state index contributed by atoms with van der Waals surface area (Å²) >= 11 is 0. The smallest absolute Gasteiger partial charge is 0.128 e. The van der Waals surface area contributed by atoms with Gasteiger partial charge in [-0.15, -0.1) is 0 Å². The van der Waals surface area contributed by atoms with Crippen molar-refractivity contribution in [2.75, 3.05) is 6.54 Å². The van der Waals surface area contributed by atoms with Crippen molar-refractivity contribution in [2.24, 2.45) is 5.73 Å². The Balaban J connectivity index is 2.14. The van der Waals surface area contributed by atoms with Gasteiger partial charge in [-0.1, -0.05) is 12.8 Å². The summed E-state index contributed by atoms with van der Waals surface area (Å²) in [6.45, 7) is 2.78. The summed E-state index contributed by atoms with van der Waals surface area (Å²) in [6.07, 6.45) is 7.20. The van der Waals surface area contributed by atoms with E-state index < -0.39 is 0 Å². The molecule has 16 heavy (non-hydrogen) atoms. The molecule has 0 saturated heterocycles. The Morgan fingerprint density at radius 1 is 1.31 bits per heavy atom. The molecule has 0 amide bonds. The molecule has 0 spiro atoms. The SMILES string of the molecule is Cc1cc(C2CCCC2)nc(CCCN)n1. The van der Waals surface area contributed by atoms with Crippen LogP contribution >= 0.6 is 0 Å². The van der Waals surface area contributed by atoms with Crippen molar-refractivity contribution in [3.05, 3.63) is 23.3 Å². The van der Waals surface area contributed by atoms with E-state index in [1.54, 1.807) is 0 Å². The fraction of sp³-hybridized carbons (Fsp3) is 0.692. The maximum absolute atomic E-state index is 5.52. The number of nitrogens with two attached hydrogens (primary N) is 1. The van der Waals surface area contributed by atoms with Crippen LogP contribution in [0.3, 0.4) is 0 Å². The lowest BCUT2D eigenvalue weighted by atomic mass is 10.0. The molecule has 3 heteroatoms. The molecule has 1 heterocycles. The summed E-state index contributed by atoms with van der Waals surface area (Å²) in [5.41, 5.74) is 7.88. The van der Waals surface area contributed by atoms with Crippen LogP contribution in [0.15, 0.2) is 6.07 Å². The molecule has 1 aliphatic rings. The van der Waals surface area contributed by atoms with E-state index in [4.69, 9.17) is 5.73 Å². The lowest BCUT2D eigenvalue weighted by molar-refractivity contribution is 0.672. The second kappa shape index (κ2) is 5.39. The molecule has 0 bridgehead atoms. The molecule has 0 unspecified atom stereocenters. The van der Waals surface area contributed by atoms with Crippen molar-refractivity contribution in [2.45, 2.75) is 51.4 Å². The quantitative estimate of drug-likeness (QED) is 0.845. The van der Waals surface area contributed by atoms with Crippen LogP contribution in [0.4, 0.5) is 0 Å². The molecule has 1 aromatic rings. The molecular weight excluding hydrogens is 198 g/mol. The number of hydrogen-bond acceptors (Lipinski definition) is 3. The summed E-state index contributed by atoms with van der Waals surface area (Å²) in [6, 6.07) is 2.15. The van der Waals surface area contributed by atoms with Crippen LogP contribution in [0.2, 0.25) is 0 Å². The van der Waals surface area contributed by atoms with E-state index in [0.29, 0.717) is 5.92 Å². The molecule has 0 aliphatic heterocycles. The summed E-state index contributed by atoms with van der Waals surface area (Å²) in [5, 5.41) is 0. The fourth-order valence-electron chi connectivity index (χ4n) is 2.46. The van der Waals surface area contributed by atoms with Crippen LogP contribution in [-0.2, 0) is 6.42 Å². The molecule has 1 aromatic heterocycles. The molecule has 0 atom stereocenters. The lowest BCUT2D eigenvalue weighted by Crippen LogP contribution is -2.07. The minimum Gasteiger partial charge on any atom is -0.330 e. The summed E-state index contributed by atoms with van der Waals surface area (Å²) in [5.74, 6) is 1.66. The highest BCUT2D eigenvalue weighted by Gasteiger charge is 2.19. The molecule has 0 aromatic carbocycles. The number of hydrogen-bond donors (Lipinski definition) is 1. The van der Waals surface area contributed by atoms with E-state index in [2.05, 4.69) is 23.0 Å². The van der Waals surface area contributed by atoms with E-state index in [0.717, 1.165) is 30.9 Å². The third kappa shape index (κ3) is 2.79. The molecule has 1 fully saturated rings. The van der Waals surface area contributed by atoms with Crippen LogP contribution in [0.5, 0.6) is 0 Å². The normalized spacial score (nSPS) is 16.9. The molecule has 2 rings (SSSR count). The van der Waals surface area contributed by atoms with Gasteiger partial charge in [0, 0.05) is 23.7 Å². The first kappa shape index (κ1) is 11.5. The van der Waals surface area contributed by atoms with Gasteiger partial charge in [0.25, 0.3) is 0 Å². The van der Waals surface area contributed by atoms with Gasteiger partial charge in [-0.2, -0.15) is 0 Å². The van der Waals surface area contributed by atoms with Crippen LogP contribution in [0.25, 0.3) is 0 Å². The van der Waals surface area contributed by atoms with Crippen molar-refractivity contribution in [3.63, 3.8) is 0 Å². The fourth-order valence-corrected chi connectivity index (χ4v) is 2.46. The van der Waals surface area contributed by atoms with Gasteiger partial charge in [-0.3, -0.25) is 0 Å². The Kier molecular flexibility index (Phi) is 3.88. The first-order chi connectivity index (χ1) is 7.79. The highest BCUT2D eigenvalue weighted by Crippen LogP contribution is 2.33. The monoisotopic (exact) mass is 219 g/mol. The van der Waals surface area contributed by atoms with Crippen LogP contribution < -0.4 is 5.73 Å². The van der Waals surface area contributed by atoms with Gasteiger partial charge in [0.1, 0.15) is 5.82 Å². The Morgan fingerprint density at radius 3 is 2.75 bits per heavy atom. The summed E-state index contributed by atoms with van der Waals surface area (Å²) in [4.78, 5) is 9.16. The Bertz CT molecular complexity index is 343. The number of nitrogens with zero attached hydrogens (tertiary/aromatic N) is 2. The molecule has 1 aliphatic carbocycles. The van der Waals surface area contributed by atoms with Crippen LogP contribution in [0.1, 0.15) is 55.2 Å². The first-order valence-electron chi connectivity index (χ1n) is 6.34. The van der Waals surface area contributed by atoms with E-state index in [1.165, 1.54) is 31.4 Å². The molecule has 2 N–H and O–H groups in total. The molecule has 3 nitrogen and oxygen atoms in total. The average Bonchev–Trinajstić information content (AvgIpc) is 2.79. The van der Waals surface area contributed by atoms with E-state index >= 15 is 0 Å². The van der Waals surface area contributed by atoms with Crippen molar-refractivity contribution in [1.29, 1.82) is 0 Å². The first-order valence-corrected chi connectivity index (χ1v) is 6.34. The van der Waals surface area contributed by atoms with Gasteiger partial charge in [-0.25, -0.2) is 9.97 Å². The van der Waals surface area contributed by atoms with Crippen molar-refractivity contribution in [1.82, 2.24) is 9.97 Å². The zero-order valence-corrected chi connectivity index (χ0v) is 10.1. The topological polar surface area (TPSA) is 51.8 Å². The third-order valence-electron chi connectivity index (χ3n) is 3.30. The number of rotatable bonds is 4. The molecule has 88 valence electrons. The van der Waals surface area contributed by atoms with E-state index in [-0.39, 0.29) is 0 Å². The minimum atomic E-state index is 0.679. The Labute approximate surface area is 97.5 Å². The maximum atomic E-state index is 5.52. The van der Waals surface area contributed by atoms with Gasteiger partial charge in [0.05, 0.1) is 0 Å². The predicted octanol–water partition coefficient (Wildman–Crippen LogP) is 2.33. The van der Waals surface area contributed by atoms with Crippen molar-refractivity contribution in [3.8, 4) is 0 Å². The third-order valence-corrected chi connectivity index (χ3v) is 3.30. The standard InChI is InChI=1S/C13H21N3/c1-10-9-12(11-5-2-3-6-11)16-13(15-10)7-4-8-14/h9,11H,2-8,14H2,1H3. The average molecular weight is 219 g/mol. The number of aryl methyl sites for hydroxylation is 2. The van der Waals surface area contributed by atoms with Crippen LogP contribution in [-0.4, -0.2) is 16.5 Å². The lowest BCUT2D eigenvalue weighted by Gasteiger charge is -2.10. The second-order valence-corrected chi connectivity index (χ2v) is 4.72. The van der Waals surface area contributed by atoms with Crippen molar-refractivity contribution >= 4 is 0 Å². The highest BCUT2D eigenvalue weighted by molar-refractivity contribution is 5.15. The molecular formula is C13H21N3. The van der Waals surface area contributed by atoms with Gasteiger partial charge in [0.2, 0.25) is 0 Å².